The van der Waals surface area contributed by atoms with Crippen molar-refractivity contribution in [1.29, 1.82) is 0 Å². The number of amides is 2. The van der Waals surface area contributed by atoms with Crippen LogP contribution in [0.25, 0.3) is 0 Å². The van der Waals surface area contributed by atoms with E-state index < -0.39 is 5.41 Å². The second-order valence-corrected chi connectivity index (χ2v) is 7.11. The second kappa shape index (κ2) is 6.98. The van der Waals surface area contributed by atoms with Crippen LogP contribution in [0.15, 0.2) is 17.5 Å². The van der Waals surface area contributed by atoms with Gasteiger partial charge < -0.3 is 20.3 Å². The lowest BCUT2D eigenvalue weighted by atomic mass is 9.78. The fourth-order valence-electron chi connectivity index (χ4n) is 3.27. The highest BCUT2D eigenvalue weighted by Gasteiger charge is 2.42. The lowest BCUT2D eigenvalue weighted by molar-refractivity contribution is -0.148. The molecule has 3 heterocycles. The first-order chi connectivity index (χ1) is 11.2. The van der Waals surface area contributed by atoms with Crippen molar-refractivity contribution in [3.63, 3.8) is 0 Å². The van der Waals surface area contributed by atoms with E-state index in [0.717, 1.165) is 4.88 Å². The first-order valence-electron chi connectivity index (χ1n) is 8.06. The van der Waals surface area contributed by atoms with Gasteiger partial charge in [-0.15, -0.1) is 11.3 Å². The Bertz CT molecular complexity index is 547. The van der Waals surface area contributed by atoms with Crippen LogP contribution in [-0.2, 0) is 9.53 Å². The molecule has 0 radical (unpaired) electrons. The van der Waals surface area contributed by atoms with Crippen molar-refractivity contribution in [2.45, 2.75) is 12.8 Å². The molecule has 126 valence electrons. The highest BCUT2D eigenvalue weighted by Crippen LogP contribution is 2.32. The summed E-state index contributed by atoms with van der Waals surface area (Å²) in [5.41, 5.74) is 5.45. The number of piperazine rings is 1. The van der Waals surface area contributed by atoms with E-state index in [4.69, 9.17) is 10.5 Å². The van der Waals surface area contributed by atoms with E-state index in [1.807, 2.05) is 27.3 Å². The number of carbonyl (C=O) groups excluding carboxylic acids is 2. The predicted octanol–water partition coefficient (Wildman–Crippen LogP) is 0.788. The summed E-state index contributed by atoms with van der Waals surface area (Å²) in [4.78, 5) is 29.7. The van der Waals surface area contributed by atoms with Gasteiger partial charge >= 0.3 is 0 Å². The topological polar surface area (TPSA) is 75.9 Å². The standard InChI is InChI=1S/C16H23N3O3S/c17-12-16(3-9-22-10-4-16)15(21)19-7-5-18(6-8-19)14(20)13-2-1-11-23-13/h1-2,11H,3-10,12,17H2. The molecule has 23 heavy (non-hydrogen) atoms. The lowest BCUT2D eigenvalue weighted by Gasteiger charge is -2.42. The third kappa shape index (κ3) is 3.27. The van der Waals surface area contributed by atoms with Gasteiger partial charge in [0.2, 0.25) is 5.91 Å². The van der Waals surface area contributed by atoms with Crippen LogP contribution in [0.1, 0.15) is 22.5 Å². The summed E-state index contributed by atoms with van der Waals surface area (Å²) in [5, 5.41) is 1.91. The van der Waals surface area contributed by atoms with E-state index in [2.05, 4.69) is 0 Å². The SMILES string of the molecule is NCC1(C(=O)N2CCN(C(=O)c3cccs3)CC2)CCOCC1. The van der Waals surface area contributed by atoms with Gasteiger partial charge in [0.15, 0.2) is 0 Å². The minimum absolute atomic E-state index is 0.0618. The number of thiophene rings is 1. The van der Waals surface area contributed by atoms with Crippen LogP contribution in [-0.4, -0.2) is 67.6 Å². The summed E-state index contributed by atoms with van der Waals surface area (Å²) in [6.07, 6.45) is 1.38. The van der Waals surface area contributed by atoms with Crippen molar-refractivity contribution < 1.29 is 14.3 Å². The molecule has 0 aliphatic carbocycles. The summed E-state index contributed by atoms with van der Waals surface area (Å²) >= 11 is 1.46. The molecular weight excluding hydrogens is 314 g/mol. The molecule has 2 N–H and O–H groups in total. The van der Waals surface area contributed by atoms with Crippen LogP contribution < -0.4 is 5.73 Å². The number of ether oxygens (including phenoxy) is 1. The first kappa shape index (κ1) is 16.4. The number of carbonyl (C=O) groups is 2. The summed E-state index contributed by atoms with van der Waals surface area (Å²) in [5.74, 6) is 0.193. The zero-order valence-electron chi connectivity index (χ0n) is 13.2. The maximum Gasteiger partial charge on any atom is 0.264 e. The summed E-state index contributed by atoms with van der Waals surface area (Å²) in [6, 6.07) is 3.73. The summed E-state index contributed by atoms with van der Waals surface area (Å²) in [6.45, 7) is 3.89. The highest BCUT2D eigenvalue weighted by atomic mass is 32.1. The molecule has 1 aromatic rings. The minimum atomic E-state index is -0.474. The quantitative estimate of drug-likeness (QED) is 0.885. The van der Waals surface area contributed by atoms with Crippen LogP contribution >= 0.6 is 11.3 Å². The number of nitrogens with two attached hydrogens (primary N) is 1. The number of rotatable bonds is 3. The number of hydrogen-bond acceptors (Lipinski definition) is 5. The molecule has 2 aliphatic heterocycles. The second-order valence-electron chi connectivity index (χ2n) is 6.16. The van der Waals surface area contributed by atoms with Gasteiger partial charge in [-0.05, 0) is 24.3 Å². The van der Waals surface area contributed by atoms with E-state index in [0.29, 0.717) is 58.8 Å². The van der Waals surface area contributed by atoms with E-state index >= 15 is 0 Å². The maximum absolute atomic E-state index is 12.9. The molecule has 2 amide bonds. The van der Waals surface area contributed by atoms with Gasteiger partial charge in [-0.25, -0.2) is 0 Å². The smallest absolute Gasteiger partial charge is 0.264 e. The Hall–Kier alpha value is -1.44. The van der Waals surface area contributed by atoms with Gasteiger partial charge in [0.1, 0.15) is 0 Å². The van der Waals surface area contributed by atoms with Crippen molar-refractivity contribution in [2.24, 2.45) is 11.1 Å². The van der Waals surface area contributed by atoms with Gasteiger partial charge in [0, 0.05) is 45.9 Å². The molecule has 0 spiro atoms. The Balaban J connectivity index is 1.60. The molecule has 2 aliphatic rings. The number of hydrogen-bond donors (Lipinski definition) is 1. The Morgan fingerprint density at radius 2 is 1.83 bits per heavy atom. The average Bonchev–Trinajstić information content (AvgIpc) is 3.16. The Morgan fingerprint density at radius 1 is 1.17 bits per heavy atom. The van der Waals surface area contributed by atoms with Crippen LogP contribution in [0.5, 0.6) is 0 Å². The van der Waals surface area contributed by atoms with Crippen LogP contribution in [0.3, 0.4) is 0 Å². The zero-order chi connectivity index (χ0) is 16.3. The maximum atomic E-state index is 12.9. The average molecular weight is 337 g/mol. The normalized spacial score (nSPS) is 21.3. The minimum Gasteiger partial charge on any atom is -0.381 e. The van der Waals surface area contributed by atoms with Crippen LogP contribution in [0.4, 0.5) is 0 Å². The zero-order valence-corrected chi connectivity index (χ0v) is 14.0. The van der Waals surface area contributed by atoms with Crippen molar-refractivity contribution in [3.05, 3.63) is 22.4 Å². The van der Waals surface area contributed by atoms with Crippen LogP contribution in [0, 0.1) is 5.41 Å². The molecule has 0 aromatic carbocycles. The van der Waals surface area contributed by atoms with Gasteiger partial charge in [-0.1, -0.05) is 6.07 Å². The van der Waals surface area contributed by atoms with Crippen molar-refractivity contribution >= 4 is 23.2 Å². The molecule has 7 heteroatoms. The van der Waals surface area contributed by atoms with E-state index in [-0.39, 0.29) is 11.8 Å². The van der Waals surface area contributed by atoms with Crippen molar-refractivity contribution in [1.82, 2.24) is 9.80 Å². The third-order valence-corrected chi connectivity index (χ3v) is 5.74. The lowest BCUT2D eigenvalue weighted by Crippen LogP contribution is -2.57. The predicted molar refractivity (Wildman–Crippen MR) is 88.3 cm³/mol. The molecule has 3 rings (SSSR count). The summed E-state index contributed by atoms with van der Waals surface area (Å²) in [7, 11) is 0. The van der Waals surface area contributed by atoms with Crippen molar-refractivity contribution in [2.75, 3.05) is 45.9 Å². The fraction of sp³-hybridized carbons (Fsp3) is 0.625. The van der Waals surface area contributed by atoms with Gasteiger partial charge in [0.25, 0.3) is 5.91 Å². The molecule has 1 aromatic heterocycles. The summed E-state index contributed by atoms with van der Waals surface area (Å²) < 4.78 is 5.38. The Labute approximate surface area is 140 Å². The first-order valence-corrected chi connectivity index (χ1v) is 8.94. The van der Waals surface area contributed by atoms with E-state index in [1.165, 1.54) is 11.3 Å². The van der Waals surface area contributed by atoms with E-state index in [1.54, 1.807) is 0 Å². The van der Waals surface area contributed by atoms with Gasteiger partial charge in [-0.2, -0.15) is 0 Å². The Morgan fingerprint density at radius 3 is 2.39 bits per heavy atom. The molecule has 2 fully saturated rings. The molecule has 0 saturated carbocycles. The van der Waals surface area contributed by atoms with E-state index in [9.17, 15) is 9.59 Å². The monoisotopic (exact) mass is 337 g/mol. The third-order valence-electron chi connectivity index (χ3n) is 4.88. The largest absolute Gasteiger partial charge is 0.381 e. The molecule has 0 unspecified atom stereocenters. The highest BCUT2D eigenvalue weighted by molar-refractivity contribution is 7.12. The Kier molecular flexibility index (Phi) is 4.99. The number of nitrogens with zero attached hydrogens (tertiary/aromatic N) is 2. The molecule has 2 saturated heterocycles. The fourth-order valence-corrected chi connectivity index (χ4v) is 3.96. The van der Waals surface area contributed by atoms with Gasteiger partial charge in [-0.3, -0.25) is 9.59 Å². The molecular formula is C16H23N3O3S. The van der Waals surface area contributed by atoms with Crippen LogP contribution in [0.2, 0.25) is 0 Å². The molecule has 6 nitrogen and oxygen atoms in total. The van der Waals surface area contributed by atoms with Gasteiger partial charge in [0.05, 0.1) is 10.3 Å². The molecule has 0 atom stereocenters. The molecule has 0 bridgehead atoms. The van der Waals surface area contributed by atoms with Crippen molar-refractivity contribution in [3.8, 4) is 0 Å².